The Morgan fingerprint density at radius 1 is 1.12 bits per heavy atom. The molecule has 1 atom stereocenters. The molecule has 32 heavy (non-hydrogen) atoms. The molecule has 1 amide bonds. The normalized spacial score (nSPS) is 19.5. The third-order valence-corrected chi connectivity index (χ3v) is 6.45. The van der Waals surface area contributed by atoms with Gasteiger partial charge in [0, 0.05) is 31.4 Å². The number of nitrogens with zero attached hydrogens (tertiary/aromatic N) is 4. The van der Waals surface area contributed by atoms with Crippen LogP contribution in [0.15, 0.2) is 30.5 Å². The van der Waals surface area contributed by atoms with Crippen LogP contribution in [0.5, 0.6) is 5.75 Å². The maximum atomic E-state index is 12.9. The zero-order valence-corrected chi connectivity index (χ0v) is 19.7. The first kappa shape index (κ1) is 22.7. The monoisotopic (exact) mass is 436 g/mol. The van der Waals surface area contributed by atoms with Crippen LogP contribution in [-0.4, -0.2) is 51.9 Å². The fourth-order valence-corrected chi connectivity index (χ4v) is 4.68. The summed E-state index contributed by atoms with van der Waals surface area (Å²) in [6, 6.07) is 8.49. The molecule has 0 bridgehead atoms. The highest BCUT2D eigenvalue weighted by atomic mass is 16.5. The molecule has 0 aliphatic carbocycles. The zero-order chi connectivity index (χ0) is 22.5. The van der Waals surface area contributed by atoms with E-state index in [2.05, 4.69) is 41.9 Å². The predicted octanol–water partition coefficient (Wildman–Crippen LogP) is 4.78. The number of hydrogen-bond donors (Lipinski definition) is 0. The minimum atomic E-state index is 0.0771. The summed E-state index contributed by atoms with van der Waals surface area (Å²) < 4.78 is 6.07. The first-order chi connectivity index (χ1) is 15.5. The van der Waals surface area contributed by atoms with Gasteiger partial charge < -0.3 is 9.64 Å². The van der Waals surface area contributed by atoms with E-state index in [1.807, 2.05) is 17.9 Å². The maximum Gasteiger partial charge on any atom is 0.257 e. The molecule has 0 N–H and O–H groups in total. The summed E-state index contributed by atoms with van der Waals surface area (Å²) in [5.41, 5.74) is 2.64. The summed E-state index contributed by atoms with van der Waals surface area (Å²) in [6.45, 7) is 10.5. The highest BCUT2D eigenvalue weighted by Crippen LogP contribution is 2.33. The Morgan fingerprint density at radius 3 is 2.66 bits per heavy atom. The lowest BCUT2D eigenvalue weighted by atomic mass is 10.1. The zero-order valence-electron chi connectivity index (χ0n) is 19.7. The molecule has 4 rings (SSSR count). The van der Waals surface area contributed by atoms with Crippen LogP contribution in [0, 0.1) is 12.8 Å². The molecule has 0 radical (unpaired) electrons. The molecule has 3 heterocycles. The van der Waals surface area contributed by atoms with Crippen molar-refractivity contribution in [3.8, 4) is 5.75 Å². The molecule has 1 aromatic heterocycles. The van der Waals surface area contributed by atoms with E-state index in [0.29, 0.717) is 11.5 Å². The van der Waals surface area contributed by atoms with Gasteiger partial charge in [0.05, 0.1) is 23.9 Å². The van der Waals surface area contributed by atoms with Crippen LogP contribution in [0.25, 0.3) is 0 Å². The van der Waals surface area contributed by atoms with Gasteiger partial charge in [-0.05, 0) is 57.6 Å². The number of amides is 1. The topological polar surface area (TPSA) is 58.6 Å². The van der Waals surface area contributed by atoms with Gasteiger partial charge in [-0.3, -0.25) is 9.69 Å². The third-order valence-electron chi connectivity index (χ3n) is 6.45. The molecule has 6 heteroatoms. The van der Waals surface area contributed by atoms with Gasteiger partial charge in [0.25, 0.3) is 5.91 Å². The second kappa shape index (κ2) is 10.4. The molecule has 6 nitrogen and oxygen atoms in total. The third kappa shape index (κ3) is 5.29. The van der Waals surface area contributed by atoms with Gasteiger partial charge in [-0.2, -0.15) is 0 Å². The van der Waals surface area contributed by atoms with Crippen molar-refractivity contribution in [3.05, 3.63) is 53.1 Å². The molecule has 0 saturated carbocycles. The lowest BCUT2D eigenvalue weighted by Crippen LogP contribution is -2.36. The number of ether oxygens (including phenoxy) is 1. The Kier molecular flexibility index (Phi) is 7.40. The van der Waals surface area contributed by atoms with Gasteiger partial charge in [0.2, 0.25) is 0 Å². The van der Waals surface area contributed by atoms with E-state index in [1.54, 1.807) is 6.20 Å². The number of benzene rings is 1. The largest absolute Gasteiger partial charge is 0.493 e. The van der Waals surface area contributed by atoms with Gasteiger partial charge in [-0.25, -0.2) is 9.97 Å². The number of aryl methyl sites for hydroxylation is 1. The highest BCUT2D eigenvalue weighted by molar-refractivity contribution is 5.95. The quantitative estimate of drug-likeness (QED) is 0.625. The maximum absolute atomic E-state index is 12.9. The van der Waals surface area contributed by atoms with Crippen LogP contribution in [0.3, 0.4) is 0 Å². The number of carbonyl (C=O) groups is 1. The number of aromatic nitrogens is 2. The van der Waals surface area contributed by atoms with E-state index in [0.717, 1.165) is 75.7 Å². The van der Waals surface area contributed by atoms with Crippen LogP contribution < -0.4 is 4.74 Å². The Balaban J connectivity index is 1.48. The number of rotatable bonds is 7. The van der Waals surface area contributed by atoms with Crippen molar-refractivity contribution in [1.29, 1.82) is 0 Å². The van der Waals surface area contributed by atoms with Crippen molar-refractivity contribution in [2.24, 2.45) is 5.92 Å². The average Bonchev–Trinajstić information content (AvgIpc) is 3.26. The molecule has 2 saturated heterocycles. The molecule has 1 aromatic carbocycles. The summed E-state index contributed by atoms with van der Waals surface area (Å²) in [5, 5.41) is 0. The smallest absolute Gasteiger partial charge is 0.257 e. The van der Waals surface area contributed by atoms with E-state index in [-0.39, 0.29) is 11.9 Å². The fraction of sp³-hybridized carbons (Fsp3) is 0.577. The first-order valence-corrected chi connectivity index (χ1v) is 12.1. The molecular formula is C26H36N4O2. The summed E-state index contributed by atoms with van der Waals surface area (Å²) in [5.74, 6) is 2.36. The summed E-state index contributed by atoms with van der Waals surface area (Å²) >= 11 is 0. The Bertz CT molecular complexity index is 924. The summed E-state index contributed by atoms with van der Waals surface area (Å²) in [4.78, 5) is 26.8. The average molecular weight is 437 g/mol. The van der Waals surface area contributed by atoms with Crippen molar-refractivity contribution in [2.45, 2.75) is 65.5 Å². The van der Waals surface area contributed by atoms with Gasteiger partial charge in [-0.15, -0.1) is 0 Å². The lowest BCUT2D eigenvalue weighted by molar-refractivity contribution is 0.0722. The number of piperidine rings is 1. The van der Waals surface area contributed by atoms with Crippen LogP contribution in [0.1, 0.15) is 79.4 Å². The van der Waals surface area contributed by atoms with Crippen LogP contribution in [0.2, 0.25) is 0 Å². The van der Waals surface area contributed by atoms with Gasteiger partial charge in [-0.1, -0.05) is 32.0 Å². The lowest BCUT2D eigenvalue weighted by Gasteiger charge is -2.27. The van der Waals surface area contributed by atoms with Crippen LogP contribution in [-0.2, 0) is 6.54 Å². The van der Waals surface area contributed by atoms with E-state index in [4.69, 9.17) is 9.72 Å². The molecule has 0 unspecified atom stereocenters. The second-order valence-corrected chi connectivity index (χ2v) is 9.52. The van der Waals surface area contributed by atoms with Crippen LogP contribution in [0.4, 0.5) is 0 Å². The van der Waals surface area contributed by atoms with Crippen molar-refractivity contribution in [3.63, 3.8) is 0 Å². The van der Waals surface area contributed by atoms with E-state index in [1.165, 1.54) is 12.0 Å². The van der Waals surface area contributed by atoms with Crippen molar-refractivity contribution in [1.82, 2.24) is 19.8 Å². The van der Waals surface area contributed by atoms with Crippen LogP contribution >= 0.6 is 0 Å². The van der Waals surface area contributed by atoms with E-state index >= 15 is 0 Å². The van der Waals surface area contributed by atoms with Gasteiger partial charge in [0.1, 0.15) is 11.6 Å². The molecule has 172 valence electrons. The SMILES string of the molecule is Cc1nc([C@H]2CCCN2Cc2ccccc2OCC(C)C)ncc1C(=O)N1CCCCC1. The first-order valence-electron chi connectivity index (χ1n) is 12.1. The molecule has 0 spiro atoms. The standard InChI is InChI=1S/C26H36N4O2/c1-19(2)18-32-24-12-6-5-10-21(24)17-30-15-9-11-23(30)25-27-16-22(20(3)28-25)26(31)29-13-7-4-8-14-29/h5-6,10,12,16,19,23H,4,7-9,11,13-15,17-18H2,1-3H3/t23-/m1/s1. The summed E-state index contributed by atoms with van der Waals surface area (Å²) in [7, 11) is 0. The van der Waals surface area contributed by atoms with Gasteiger partial charge in [0.15, 0.2) is 0 Å². The Morgan fingerprint density at radius 2 is 1.91 bits per heavy atom. The van der Waals surface area contributed by atoms with Gasteiger partial charge >= 0.3 is 0 Å². The molecule has 2 fully saturated rings. The Hall–Kier alpha value is -2.47. The van der Waals surface area contributed by atoms with E-state index < -0.39 is 0 Å². The van der Waals surface area contributed by atoms with Crippen molar-refractivity contribution >= 4 is 5.91 Å². The molecular weight excluding hydrogens is 400 g/mol. The highest BCUT2D eigenvalue weighted by Gasteiger charge is 2.30. The fourth-order valence-electron chi connectivity index (χ4n) is 4.68. The van der Waals surface area contributed by atoms with Crippen molar-refractivity contribution in [2.75, 3.05) is 26.2 Å². The molecule has 2 aliphatic rings. The number of carbonyl (C=O) groups excluding carboxylic acids is 1. The van der Waals surface area contributed by atoms with E-state index in [9.17, 15) is 4.79 Å². The number of likely N-dealkylation sites (tertiary alicyclic amines) is 2. The number of para-hydroxylation sites is 1. The number of hydrogen-bond acceptors (Lipinski definition) is 5. The second-order valence-electron chi connectivity index (χ2n) is 9.52. The predicted molar refractivity (Wildman–Crippen MR) is 126 cm³/mol. The Labute approximate surface area is 192 Å². The summed E-state index contributed by atoms with van der Waals surface area (Å²) in [6.07, 6.45) is 7.29. The minimum Gasteiger partial charge on any atom is -0.493 e. The van der Waals surface area contributed by atoms with Crippen molar-refractivity contribution < 1.29 is 9.53 Å². The minimum absolute atomic E-state index is 0.0771. The molecule has 2 aliphatic heterocycles. The molecule has 2 aromatic rings.